The molecule has 3 aromatic rings. The molecule has 136 valence electrons. The highest BCUT2D eigenvalue weighted by Gasteiger charge is 2.55. The van der Waals surface area contributed by atoms with Gasteiger partial charge in [0.15, 0.2) is 5.60 Å². The summed E-state index contributed by atoms with van der Waals surface area (Å²) < 4.78 is 11.8. The van der Waals surface area contributed by atoms with Crippen LogP contribution in [0.4, 0.5) is 5.69 Å². The van der Waals surface area contributed by atoms with E-state index in [1.165, 1.54) is 30.3 Å². The van der Waals surface area contributed by atoms with E-state index in [9.17, 15) is 19.8 Å². The van der Waals surface area contributed by atoms with Gasteiger partial charge in [0.2, 0.25) is 6.08 Å². The molecule has 0 amide bonds. The molecular formula is C21H11NO6. The van der Waals surface area contributed by atoms with Crippen molar-refractivity contribution in [1.29, 1.82) is 0 Å². The Labute approximate surface area is 158 Å². The molecule has 2 aliphatic rings. The maximum atomic E-state index is 12.7. The Morgan fingerprint density at radius 3 is 2.54 bits per heavy atom. The number of benzene rings is 3. The van der Waals surface area contributed by atoms with Crippen LogP contribution in [0.25, 0.3) is 0 Å². The third kappa shape index (κ3) is 1.96. The lowest BCUT2D eigenvalue weighted by molar-refractivity contribution is 0.0226. The molecule has 0 saturated heterocycles. The van der Waals surface area contributed by atoms with E-state index >= 15 is 0 Å². The second kappa shape index (κ2) is 5.45. The molecule has 7 nitrogen and oxygen atoms in total. The van der Waals surface area contributed by atoms with Crippen molar-refractivity contribution in [2.75, 3.05) is 0 Å². The summed E-state index contributed by atoms with van der Waals surface area (Å²) in [5, 5.41) is 20.0. The minimum absolute atomic E-state index is 0.0405. The quantitative estimate of drug-likeness (QED) is 0.383. The maximum absolute atomic E-state index is 12.7. The predicted octanol–water partition coefficient (Wildman–Crippen LogP) is 3.63. The van der Waals surface area contributed by atoms with Crippen LogP contribution in [-0.2, 0) is 15.1 Å². The molecule has 0 bridgehead atoms. The van der Waals surface area contributed by atoms with Crippen molar-refractivity contribution in [1.82, 2.24) is 0 Å². The lowest BCUT2D eigenvalue weighted by Crippen LogP contribution is -2.33. The molecule has 2 heterocycles. The van der Waals surface area contributed by atoms with Gasteiger partial charge in [-0.05, 0) is 18.2 Å². The molecule has 28 heavy (non-hydrogen) atoms. The number of rotatable bonds is 1. The van der Waals surface area contributed by atoms with E-state index in [1.807, 2.05) is 0 Å². The lowest BCUT2D eigenvalue weighted by atomic mass is 9.77. The Bertz CT molecular complexity index is 1230. The van der Waals surface area contributed by atoms with Crippen molar-refractivity contribution in [3.63, 3.8) is 0 Å². The topological polar surface area (TPSA) is 105 Å². The number of hydrogen-bond acceptors (Lipinski definition) is 7. The minimum atomic E-state index is -1.45. The number of ether oxygens (including phenoxy) is 2. The molecule has 0 fully saturated rings. The molecule has 3 aromatic carbocycles. The summed E-state index contributed by atoms with van der Waals surface area (Å²) in [5.41, 5.74) is 0.281. The van der Waals surface area contributed by atoms with Gasteiger partial charge in [-0.15, -0.1) is 0 Å². The van der Waals surface area contributed by atoms with E-state index in [1.54, 1.807) is 30.3 Å². The summed E-state index contributed by atoms with van der Waals surface area (Å²) in [7, 11) is 0. The normalized spacial score (nSPS) is 18.4. The van der Waals surface area contributed by atoms with Gasteiger partial charge < -0.3 is 19.7 Å². The summed E-state index contributed by atoms with van der Waals surface area (Å²) in [6.07, 6.45) is 1.46. The van der Waals surface area contributed by atoms with Gasteiger partial charge in [-0.1, -0.05) is 18.2 Å². The van der Waals surface area contributed by atoms with E-state index in [4.69, 9.17) is 9.47 Å². The monoisotopic (exact) mass is 373 g/mol. The second-order valence-corrected chi connectivity index (χ2v) is 6.44. The number of isocyanates is 1. The van der Waals surface area contributed by atoms with Crippen molar-refractivity contribution in [3.05, 3.63) is 76.9 Å². The van der Waals surface area contributed by atoms with Crippen molar-refractivity contribution in [3.8, 4) is 23.0 Å². The molecule has 1 spiro atoms. The van der Waals surface area contributed by atoms with Crippen molar-refractivity contribution >= 4 is 17.7 Å². The van der Waals surface area contributed by atoms with Crippen LogP contribution < -0.4 is 4.74 Å². The Morgan fingerprint density at radius 2 is 1.71 bits per heavy atom. The SMILES string of the molecule is O=C=Nc1cc(O)cc2c1C1(OC(=O)c3ccccc31)c1ccc(O)cc1O2. The first kappa shape index (κ1) is 16.1. The molecule has 2 N–H and O–H groups in total. The van der Waals surface area contributed by atoms with Gasteiger partial charge >= 0.3 is 5.97 Å². The molecule has 1 unspecified atom stereocenters. The number of carbonyl (C=O) groups excluding carboxylic acids is 2. The number of phenols is 2. The third-order valence-corrected chi connectivity index (χ3v) is 4.92. The first-order chi connectivity index (χ1) is 13.5. The average Bonchev–Trinajstić information content (AvgIpc) is 2.95. The zero-order valence-electron chi connectivity index (χ0n) is 14.2. The first-order valence-electron chi connectivity index (χ1n) is 8.34. The molecule has 0 radical (unpaired) electrons. The van der Waals surface area contributed by atoms with Crippen LogP contribution in [0.3, 0.4) is 0 Å². The molecule has 2 aliphatic heterocycles. The standard InChI is InChI=1S/C21H11NO6/c23-10-22-16-7-12(25)9-18-19(16)21(15-6-5-11(24)8-17(15)27-18)14-4-2-1-3-13(14)20(26)28-21/h1-9,24-25H. The van der Waals surface area contributed by atoms with Crippen LogP contribution in [-0.4, -0.2) is 22.3 Å². The number of aromatic hydroxyl groups is 2. The highest BCUT2D eigenvalue weighted by molar-refractivity contribution is 5.97. The third-order valence-electron chi connectivity index (χ3n) is 4.92. The van der Waals surface area contributed by atoms with E-state index in [-0.39, 0.29) is 28.7 Å². The van der Waals surface area contributed by atoms with Crippen LogP contribution in [0, 0.1) is 0 Å². The summed E-state index contributed by atoms with van der Waals surface area (Å²) >= 11 is 0. The summed E-state index contributed by atoms with van der Waals surface area (Å²) in [4.78, 5) is 27.4. The fraction of sp³-hybridized carbons (Fsp3) is 0.0476. The number of esters is 1. The van der Waals surface area contributed by atoms with Gasteiger partial charge in [-0.2, -0.15) is 4.99 Å². The van der Waals surface area contributed by atoms with E-state index < -0.39 is 11.6 Å². The molecule has 1 atom stereocenters. The highest BCUT2D eigenvalue weighted by atomic mass is 16.6. The molecule has 0 aromatic heterocycles. The Balaban J connectivity index is 1.96. The van der Waals surface area contributed by atoms with Crippen molar-refractivity contribution in [2.24, 2.45) is 4.99 Å². The Morgan fingerprint density at radius 1 is 0.929 bits per heavy atom. The largest absolute Gasteiger partial charge is 0.508 e. The number of aliphatic imine (C=N–C) groups is 1. The van der Waals surface area contributed by atoms with Gasteiger partial charge in [-0.25, -0.2) is 9.59 Å². The Kier molecular flexibility index (Phi) is 3.14. The van der Waals surface area contributed by atoms with Gasteiger partial charge in [0.25, 0.3) is 0 Å². The maximum Gasteiger partial charge on any atom is 0.340 e. The molecule has 0 aliphatic carbocycles. The second-order valence-electron chi connectivity index (χ2n) is 6.44. The molecule has 7 heteroatoms. The zero-order chi connectivity index (χ0) is 19.5. The number of nitrogens with zero attached hydrogens (tertiary/aromatic N) is 1. The molecule has 5 rings (SSSR count). The molecular weight excluding hydrogens is 362 g/mol. The number of phenolic OH excluding ortho intramolecular Hbond substituents is 2. The minimum Gasteiger partial charge on any atom is -0.508 e. The first-order valence-corrected chi connectivity index (χ1v) is 8.34. The average molecular weight is 373 g/mol. The van der Waals surface area contributed by atoms with Crippen LogP contribution >= 0.6 is 0 Å². The smallest absolute Gasteiger partial charge is 0.340 e. The van der Waals surface area contributed by atoms with E-state index in [2.05, 4.69) is 4.99 Å². The summed E-state index contributed by atoms with van der Waals surface area (Å²) in [6.45, 7) is 0. The number of carbonyl (C=O) groups is 1. The molecule has 0 saturated carbocycles. The van der Waals surface area contributed by atoms with Gasteiger partial charge in [-0.3, -0.25) is 0 Å². The fourth-order valence-corrected chi connectivity index (χ4v) is 3.90. The zero-order valence-corrected chi connectivity index (χ0v) is 14.2. The highest BCUT2D eigenvalue weighted by Crippen LogP contribution is 2.59. The Hall–Kier alpha value is -4.09. The lowest BCUT2D eigenvalue weighted by Gasteiger charge is -2.37. The van der Waals surface area contributed by atoms with Crippen LogP contribution in [0.2, 0.25) is 0 Å². The number of hydrogen-bond donors (Lipinski definition) is 2. The van der Waals surface area contributed by atoms with Gasteiger partial charge in [0.1, 0.15) is 23.0 Å². The van der Waals surface area contributed by atoms with Crippen LogP contribution in [0.15, 0.2) is 59.6 Å². The predicted molar refractivity (Wildman–Crippen MR) is 95.8 cm³/mol. The summed E-state index contributed by atoms with van der Waals surface area (Å²) in [5.74, 6) is -0.373. The summed E-state index contributed by atoms with van der Waals surface area (Å²) in [6, 6.07) is 13.9. The van der Waals surface area contributed by atoms with Gasteiger partial charge in [0.05, 0.1) is 16.8 Å². The van der Waals surface area contributed by atoms with Crippen molar-refractivity contribution in [2.45, 2.75) is 5.60 Å². The van der Waals surface area contributed by atoms with Crippen LogP contribution in [0.5, 0.6) is 23.0 Å². The van der Waals surface area contributed by atoms with Gasteiger partial charge in [0, 0.05) is 29.3 Å². The van der Waals surface area contributed by atoms with Crippen LogP contribution in [0.1, 0.15) is 27.0 Å². The van der Waals surface area contributed by atoms with E-state index in [0.29, 0.717) is 22.3 Å². The number of fused-ring (bicyclic) bond motifs is 6. The fourth-order valence-electron chi connectivity index (χ4n) is 3.90. The van der Waals surface area contributed by atoms with E-state index in [0.717, 1.165) is 0 Å². The van der Waals surface area contributed by atoms with Crippen molar-refractivity contribution < 1.29 is 29.3 Å².